The summed E-state index contributed by atoms with van der Waals surface area (Å²) >= 11 is 6.06. The van der Waals surface area contributed by atoms with E-state index in [9.17, 15) is 18.8 Å². The van der Waals surface area contributed by atoms with Crippen LogP contribution in [0.15, 0.2) is 36.4 Å². The number of hydrogen-bond acceptors (Lipinski definition) is 4. The summed E-state index contributed by atoms with van der Waals surface area (Å²) in [5, 5.41) is 5.59. The van der Waals surface area contributed by atoms with Crippen molar-refractivity contribution in [3.05, 3.63) is 63.9 Å². The van der Waals surface area contributed by atoms with E-state index in [0.717, 1.165) is 11.6 Å². The molecule has 0 atom stereocenters. The van der Waals surface area contributed by atoms with Gasteiger partial charge in [-0.25, -0.2) is 4.39 Å². The van der Waals surface area contributed by atoms with Gasteiger partial charge in [-0.2, -0.15) is 0 Å². The van der Waals surface area contributed by atoms with Crippen LogP contribution in [-0.2, 0) is 4.79 Å². The van der Waals surface area contributed by atoms with E-state index in [1.54, 1.807) is 12.1 Å². The lowest BCUT2D eigenvalue weighted by molar-refractivity contribution is -0.121. The van der Waals surface area contributed by atoms with Crippen LogP contribution >= 0.6 is 11.6 Å². The van der Waals surface area contributed by atoms with Gasteiger partial charge in [0, 0.05) is 26.1 Å². The number of ether oxygens (including phenoxy) is 1. The van der Waals surface area contributed by atoms with Gasteiger partial charge in [0.2, 0.25) is 5.91 Å². The first-order valence-electron chi connectivity index (χ1n) is 10.4. The van der Waals surface area contributed by atoms with Gasteiger partial charge in [-0.05, 0) is 43.7 Å². The summed E-state index contributed by atoms with van der Waals surface area (Å²) in [7, 11) is 0. The van der Waals surface area contributed by atoms with E-state index in [1.165, 1.54) is 17.0 Å². The number of carbonyl (C=O) groups is 3. The van der Waals surface area contributed by atoms with Gasteiger partial charge < -0.3 is 20.3 Å². The van der Waals surface area contributed by atoms with Crippen LogP contribution in [0.5, 0.6) is 5.75 Å². The average Bonchev–Trinajstić information content (AvgIpc) is 2.75. The zero-order valence-electron chi connectivity index (χ0n) is 17.7. The van der Waals surface area contributed by atoms with Crippen molar-refractivity contribution in [3.8, 4) is 5.75 Å². The first-order chi connectivity index (χ1) is 15.3. The molecule has 0 unspecified atom stereocenters. The number of amides is 3. The molecule has 170 valence electrons. The van der Waals surface area contributed by atoms with Crippen LogP contribution in [0.25, 0.3) is 0 Å². The fourth-order valence-corrected chi connectivity index (χ4v) is 3.61. The average molecular weight is 462 g/mol. The Morgan fingerprint density at radius 3 is 2.69 bits per heavy atom. The van der Waals surface area contributed by atoms with Gasteiger partial charge in [-0.15, -0.1) is 0 Å². The number of halogens is 2. The SMILES string of the molecule is Cc1ccc2c(c1)C(=O)NCCN(C(=O)c1ccc(F)cc1Cl)CCCC(=O)NCCO2. The second-order valence-corrected chi connectivity index (χ2v) is 7.88. The second kappa shape index (κ2) is 10.9. The van der Waals surface area contributed by atoms with Crippen LogP contribution in [0.1, 0.15) is 39.1 Å². The summed E-state index contributed by atoms with van der Waals surface area (Å²) < 4.78 is 19.1. The van der Waals surface area contributed by atoms with Crippen molar-refractivity contribution < 1.29 is 23.5 Å². The van der Waals surface area contributed by atoms with E-state index in [4.69, 9.17) is 16.3 Å². The minimum absolute atomic E-state index is 0.00854. The van der Waals surface area contributed by atoms with E-state index in [-0.39, 0.29) is 55.1 Å². The molecule has 0 bridgehead atoms. The van der Waals surface area contributed by atoms with Crippen molar-refractivity contribution in [2.75, 3.05) is 32.8 Å². The molecule has 3 amide bonds. The van der Waals surface area contributed by atoms with Gasteiger partial charge in [-0.1, -0.05) is 23.2 Å². The summed E-state index contributed by atoms with van der Waals surface area (Å²) in [6.45, 7) is 3.05. The fourth-order valence-electron chi connectivity index (χ4n) is 3.37. The molecule has 2 aromatic carbocycles. The maximum absolute atomic E-state index is 13.4. The second-order valence-electron chi connectivity index (χ2n) is 7.47. The molecule has 1 heterocycles. The van der Waals surface area contributed by atoms with Crippen molar-refractivity contribution in [1.29, 1.82) is 0 Å². The molecule has 32 heavy (non-hydrogen) atoms. The Morgan fingerprint density at radius 1 is 1.09 bits per heavy atom. The molecular weight excluding hydrogens is 437 g/mol. The van der Waals surface area contributed by atoms with E-state index in [2.05, 4.69) is 10.6 Å². The third kappa shape index (κ3) is 6.20. The molecule has 0 saturated carbocycles. The first-order valence-corrected chi connectivity index (χ1v) is 10.8. The van der Waals surface area contributed by atoms with Crippen molar-refractivity contribution >= 4 is 29.3 Å². The predicted molar refractivity (Wildman–Crippen MR) is 119 cm³/mol. The molecule has 0 aliphatic carbocycles. The van der Waals surface area contributed by atoms with Gasteiger partial charge in [0.25, 0.3) is 11.8 Å². The molecule has 0 fully saturated rings. The smallest absolute Gasteiger partial charge is 0.255 e. The number of hydrogen-bond donors (Lipinski definition) is 2. The van der Waals surface area contributed by atoms with Crippen molar-refractivity contribution in [2.45, 2.75) is 19.8 Å². The summed E-state index contributed by atoms with van der Waals surface area (Å²) in [6, 6.07) is 8.86. The topological polar surface area (TPSA) is 87.7 Å². The maximum Gasteiger partial charge on any atom is 0.255 e. The highest BCUT2D eigenvalue weighted by atomic mass is 35.5. The molecule has 9 heteroatoms. The van der Waals surface area contributed by atoms with Crippen LogP contribution < -0.4 is 15.4 Å². The number of nitrogens with zero attached hydrogens (tertiary/aromatic N) is 1. The van der Waals surface area contributed by atoms with Gasteiger partial charge in [0.05, 0.1) is 22.7 Å². The van der Waals surface area contributed by atoms with Crippen molar-refractivity contribution in [2.24, 2.45) is 0 Å². The molecule has 0 saturated heterocycles. The highest BCUT2D eigenvalue weighted by Gasteiger charge is 2.20. The molecular formula is C23H25ClFN3O4. The minimum Gasteiger partial charge on any atom is -0.491 e. The van der Waals surface area contributed by atoms with Gasteiger partial charge in [0.1, 0.15) is 18.2 Å². The van der Waals surface area contributed by atoms with Crippen LogP contribution in [0, 0.1) is 12.7 Å². The molecule has 0 radical (unpaired) electrons. The Kier molecular flexibility index (Phi) is 8.05. The minimum atomic E-state index is -0.538. The molecule has 0 spiro atoms. The zero-order valence-corrected chi connectivity index (χ0v) is 18.5. The Labute approximate surface area is 190 Å². The fraction of sp³-hybridized carbons (Fsp3) is 0.348. The van der Waals surface area contributed by atoms with E-state index >= 15 is 0 Å². The van der Waals surface area contributed by atoms with Gasteiger partial charge in [-0.3, -0.25) is 14.4 Å². The van der Waals surface area contributed by atoms with Gasteiger partial charge in [0.15, 0.2) is 0 Å². The van der Waals surface area contributed by atoms with E-state index < -0.39 is 11.7 Å². The Balaban J connectivity index is 1.80. The summed E-state index contributed by atoms with van der Waals surface area (Å²) in [4.78, 5) is 39.4. The maximum atomic E-state index is 13.4. The summed E-state index contributed by atoms with van der Waals surface area (Å²) in [5.41, 5.74) is 1.44. The Morgan fingerprint density at radius 2 is 1.91 bits per heavy atom. The molecule has 2 N–H and O–H groups in total. The monoisotopic (exact) mass is 461 g/mol. The number of carbonyl (C=O) groups excluding carboxylic acids is 3. The number of benzene rings is 2. The highest BCUT2D eigenvalue weighted by Crippen LogP contribution is 2.21. The third-order valence-corrected chi connectivity index (χ3v) is 5.32. The number of aryl methyl sites for hydroxylation is 1. The van der Waals surface area contributed by atoms with E-state index in [0.29, 0.717) is 24.3 Å². The third-order valence-electron chi connectivity index (χ3n) is 5.01. The summed E-state index contributed by atoms with van der Waals surface area (Å²) in [5.74, 6) is -0.996. The Hall–Kier alpha value is -3.13. The lowest BCUT2D eigenvalue weighted by Crippen LogP contribution is -2.39. The number of rotatable bonds is 1. The first kappa shape index (κ1) is 23.5. The number of fused-ring (bicyclic) bond motifs is 1. The standard InChI is InChI=1S/C23H25ClFN3O4/c1-15-4-7-20-18(13-15)22(30)27-8-11-28(10-2-3-21(29)26-9-12-32-20)23(31)17-6-5-16(25)14-19(17)24/h4-7,13-14H,2-3,8-12H2,1H3,(H,26,29)(H,27,30). The normalized spacial score (nSPS) is 16.0. The van der Waals surface area contributed by atoms with Crippen molar-refractivity contribution in [3.63, 3.8) is 0 Å². The molecule has 3 rings (SSSR count). The zero-order chi connectivity index (χ0) is 23.1. The van der Waals surface area contributed by atoms with Crippen LogP contribution in [-0.4, -0.2) is 55.4 Å². The molecule has 0 aromatic heterocycles. The highest BCUT2D eigenvalue weighted by molar-refractivity contribution is 6.33. The predicted octanol–water partition coefficient (Wildman–Crippen LogP) is 2.95. The van der Waals surface area contributed by atoms with E-state index in [1.807, 2.05) is 13.0 Å². The van der Waals surface area contributed by atoms with Crippen molar-refractivity contribution in [1.82, 2.24) is 15.5 Å². The quantitative estimate of drug-likeness (QED) is 0.683. The molecule has 1 aliphatic rings. The van der Waals surface area contributed by atoms with Crippen LogP contribution in [0.2, 0.25) is 5.02 Å². The molecule has 2 aromatic rings. The Bertz CT molecular complexity index is 1010. The molecule has 1 aliphatic heterocycles. The van der Waals surface area contributed by atoms with Crippen LogP contribution in [0.4, 0.5) is 4.39 Å². The van der Waals surface area contributed by atoms with Crippen LogP contribution in [0.3, 0.4) is 0 Å². The largest absolute Gasteiger partial charge is 0.491 e. The van der Waals surface area contributed by atoms with Gasteiger partial charge >= 0.3 is 0 Å². The lowest BCUT2D eigenvalue weighted by Gasteiger charge is -2.23. The lowest BCUT2D eigenvalue weighted by atomic mass is 10.1. The summed E-state index contributed by atoms with van der Waals surface area (Å²) in [6.07, 6.45) is 0.647. The molecule has 7 nitrogen and oxygen atoms in total. The number of nitrogens with one attached hydrogen (secondary N) is 2.